The fraction of sp³-hybridized carbons (Fsp3) is 0.533. The molecule has 4 nitrogen and oxygen atoms in total. The summed E-state index contributed by atoms with van der Waals surface area (Å²) < 4.78 is 32.4. The summed E-state index contributed by atoms with van der Waals surface area (Å²) in [6.07, 6.45) is 0.0798. The zero-order valence-corrected chi connectivity index (χ0v) is 12.2. The Morgan fingerprint density at radius 2 is 2.14 bits per heavy atom. The average Bonchev–Trinajstić information content (AvgIpc) is 2.75. The number of hydrogen-bond donors (Lipinski definition) is 2. The van der Waals surface area contributed by atoms with Gasteiger partial charge in [0.15, 0.2) is 0 Å². The zero-order chi connectivity index (χ0) is 15.6. The van der Waals surface area contributed by atoms with Crippen molar-refractivity contribution in [3.63, 3.8) is 0 Å². The number of amides is 1. The van der Waals surface area contributed by atoms with Gasteiger partial charge in [0.2, 0.25) is 5.91 Å². The zero-order valence-electron chi connectivity index (χ0n) is 12.2. The number of halogens is 2. The van der Waals surface area contributed by atoms with Crippen LogP contribution in [0.2, 0.25) is 0 Å². The number of rotatable bonds is 4. The van der Waals surface area contributed by atoms with E-state index in [0.29, 0.717) is 6.61 Å². The third kappa shape index (κ3) is 3.22. The van der Waals surface area contributed by atoms with Crippen molar-refractivity contribution < 1.29 is 18.3 Å². The second-order valence-corrected chi connectivity index (χ2v) is 5.82. The lowest BCUT2D eigenvalue weighted by atomic mass is 9.84. The van der Waals surface area contributed by atoms with Gasteiger partial charge in [0.1, 0.15) is 11.6 Å². The molecule has 3 N–H and O–H groups in total. The van der Waals surface area contributed by atoms with Gasteiger partial charge >= 0.3 is 0 Å². The van der Waals surface area contributed by atoms with E-state index in [4.69, 9.17) is 10.5 Å². The first-order valence-electron chi connectivity index (χ1n) is 6.92. The number of carbonyl (C=O) groups excluding carboxylic acids is 1. The molecule has 6 heteroatoms. The molecule has 1 aliphatic heterocycles. The molecule has 1 heterocycles. The number of nitrogens with one attached hydrogen (secondary N) is 1. The maximum absolute atomic E-state index is 13.6. The second kappa shape index (κ2) is 6.07. The summed E-state index contributed by atoms with van der Waals surface area (Å²) in [6.45, 7) is 4.02. The fourth-order valence-electron chi connectivity index (χ4n) is 2.40. The predicted molar refractivity (Wildman–Crippen MR) is 74.6 cm³/mol. The van der Waals surface area contributed by atoms with Crippen LogP contribution in [0.4, 0.5) is 8.78 Å². The number of carbonyl (C=O) groups is 1. The van der Waals surface area contributed by atoms with Crippen LogP contribution in [-0.2, 0) is 16.0 Å². The Kier molecular flexibility index (Phi) is 4.58. The topological polar surface area (TPSA) is 64.3 Å². The maximum Gasteiger partial charge on any atom is 0.230 e. The lowest BCUT2D eigenvalue weighted by molar-refractivity contribution is -0.131. The van der Waals surface area contributed by atoms with Gasteiger partial charge in [-0.3, -0.25) is 4.79 Å². The van der Waals surface area contributed by atoms with Crippen LogP contribution in [0, 0.1) is 17.0 Å². The van der Waals surface area contributed by atoms with Gasteiger partial charge in [-0.25, -0.2) is 8.78 Å². The molecule has 1 saturated heterocycles. The molecule has 1 aliphatic rings. The highest BCUT2D eigenvalue weighted by atomic mass is 19.1. The number of hydrogen-bond acceptors (Lipinski definition) is 3. The Balaban J connectivity index is 2.02. The normalized spacial score (nSPS) is 26.6. The van der Waals surface area contributed by atoms with E-state index >= 15 is 0 Å². The predicted octanol–water partition coefficient (Wildman–Crippen LogP) is 1.38. The van der Waals surface area contributed by atoms with E-state index < -0.39 is 23.1 Å². The van der Waals surface area contributed by atoms with Gasteiger partial charge in [-0.1, -0.05) is 6.07 Å². The first-order valence-corrected chi connectivity index (χ1v) is 6.92. The molecule has 0 spiro atoms. The van der Waals surface area contributed by atoms with Crippen LogP contribution in [0.25, 0.3) is 0 Å². The van der Waals surface area contributed by atoms with E-state index in [1.807, 2.05) is 0 Å². The number of ether oxygens (including phenoxy) is 1. The molecule has 1 aromatic carbocycles. The SMILES string of the molecule is CC(Cc1c(F)cccc1F)NC(=O)C1(C)COCC1N. The maximum atomic E-state index is 13.6. The quantitative estimate of drug-likeness (QED) is 0.882. The van der Waals surface area contributed by atoms with Gasteiger partial charge in [-0.2, -0.15) is 0 Å². The average molecular weight is 298 g/mol. The Hall–Kier alpha value is -1.53. The molecule has 3 atom stereocenters. The largest absolute Gasteiger partial charge is 0.379 e. The van der Waals surface area contributed by atoms with Crippen molar-refractivity contribution in [2.45, 2.75) is 32.4 Å². The van der Waals surface area contributed by atoms with Crippen LogP contribution < -0.4 is 11.1 Å². The Morgan fingerprint density at radius 1 is 1.52 bits per heavy atom. The van der Waals surface area contributed by atoms with Crippen LogP contribution in [-0.4, -0.2) is 31.2 Å². The number of nitrogens with two attached hydrogens (primary N) is 1. The molecule has 1 fully saturated rings. The minimum atomic E-state index is -0.804. The van der Waals surface area contributed by atoms with Crippen molar-refractivity contribution in [3.05, 3.63) is 35.4 Å². The third-order valence-electron chi connectivity index (χ3n) is 3.99. The molecule has 116 valence electrons. The van der Waals surface area contributed by atoms with Gasteiger partial charge in [0.25, 0.3) is 0 Å². The summed E-state index contributed by atoms with van der Waals surface area (Å²) in [5.74, 6) is -1.47. The molecule has 0 radical (unpaired) electrons. The lowest BCUT2D eigenvalue weighted by Gasteiger charge is -2.27. The summed E-state index contributed by atoms with van der Waals surface area (Å²) in [6, 6.07) is 2.93. The van der Waals surface area contributed by atoms with Crippen LogP contribution in [0.5, 0.6) is 0 Å². The van der Waals surface area contributed by atoms with Crippen LogP contribution in [0.1, 0.15) is 19.4 Å². The Morgan fingerprint density at radius 3 is 2.67 bits per heavy atom. The Labute approximate surface area is 122 Å². The van der Waals surface area contributed by atoms with Crippen molar-refractivity contribution >= 4 is 5.91 Å². The molecule has 0 saturated carbocycles. The van der Waals surface area contributed by atoms with E-state index in [9.17, 15) is 13.6 Å². The summed E-state index contributed by atoms with van der Waals surface area (Å²) in [5, 5.41) is 2.76. The molecular formula is C15H20F2N2O2. The monoisotopic (exact) mass is 298 g/mol. The van der Waals surface area contributed by atoms with Crippen molar-refractivity contribution in [3.8, 4) is 0 Å². The second-order valence-electron chi connectivity index (χ2n) is 5.82. The minimum absolute atomic E-state index is 0.0255. The third-order valence-corrected chi connectivity index (χ3v) is 3.99. The highest BCUT2D eigenvalue weighted by molar-refractivity contribution is 5.83. The van der Waals surface area contributed by atoms with E-state index in [1.54, 1.807) is 13.8 Å². The fourth-order valence-corrected chi connectivity index (χ4v) is 2.40. The van der Waals surface area contributed by atoms with Crippen molar-refractivity contribution in [1.29, 1.82) is 0 Å². The summed E-state index contributed by atoms with van der Waals surface area (Å²) >= 11 is 0. The molecule has 21 heavy (non-hydrogen) atoms. The highest BCUT2D eigenvalue weighted by Crippen LogP contribution is 2.27. The first kappa shape index (κ1) is 15.9. The van der Waals surface area contributed by atoms with Gasteiger partial charge < -0.3 is 15.8 Å². The van der Waals surface area contributed by atoms with Gasteiger partial charge in [-0.15, -0.1) is 0 Å². The molecular weight excluding hydrogens is 278 g/mol. The molecule has 0 aliphatic carbocycles. The van der Waals surface area contributed by atoms with Crippen LogP contribution in [0.15, 0.2) is 18.2 Å². The summed E-state index contributed by atoms with van der Waals surface area (Å²) in [4.78, 5) is 12.3. The van der Waals surface area contributed by atoms with E-state index in [0.717, 1.165) is 0 Å². The van der Waals surface area contributed by atoms with Crippen LogP contribution in [0.3, 0.4) is 0 Å². The van der Waals surface area contributed by atoms with E-state index in [-0.39, 0.29) is 30.5 Å². The van der Waals surface area contributed by atoms with Crippen LogP contribution >= 0.6 is 0 Å². The number of benzene rings is 1. The Bertz CT molecular complexity index is 518. The van der Waals surface area contributed by atoms with E-state index in [1.165, 1.54) is 18.2 Å². The van der Waals surface area contributed by atoms with Gasteiger partial charge in [0, 0.05) is 17.6 Å². The first-order chi connectivity index (χ1) is 9.84. The molecule has 0 bridgehead atoms. The summed E-state index contributed by atoms with van der Waals surface area (Å²) in [5.41, 5.74) is 5.06. The summed E-state index contributed by atoms with van der Waals surface area (Å²) in [7, 11) is 0. The highest BCUT2D eigenvalue weighted by Gasteiger charge is 2.44. The molecule has 3 unspecified atom stereocenters. The lowest BCUT2D eigenvalue weighted by Crippen LogP contribution is -2.52. The minimum Gasteiger partial charge on any atom is -0.379 e. The molecule has 0 aromatic heterocycles. The van der Waals surface area contributed by atoms with E-state index in [2.05, 4.69) is 5.32 Å². The molecule has 2 rings (SSSR count). The van der Waals surface area contributed by atoms with Crippen molar-refractivity contribution in [2.75, 3.05) is 13.2 Å². The smallest absolute Gasteiger partial charge is 0.230 e. The van der Waals surface area contributed by atoms with Crippen molar-refractivity contribution in [2.24, 2.45) is 11.1 Å². The van der Waals surface area contributed by atoms with Gasteiger partial charge in [-0.05, 0) is 32.4 Å². The standard InChI is InChI=1S/C15H20F2N2O2/c1-9(6-10-11(16)4-3-5-12(10)17)19-14(20)15(2)8-21-7-13(15)18/h3-5,9,13H,6-8,18H2,1-2H3,(H,19,20). The molecule has 1 amide bonds. The van der Waals surface area contributed by atoms with Crippen molar-refractivity contribution in [1.82, 2.24) is 5.32 Å². The van der Waals surface area contributed by atoms with Gasteiger partial charge in [0.05, 0.1) is 18.6 Å². The molecule has 1 aromatic rings.